The molecule has 1 aliphatic heterocycles. The van der Waals surface area contributed by atoms with Gasteiger partial charge in [0.2, 0.25) is 5.95 Å². The summed E-state index contributed by atoms with van der Waals surface area (Å²) in [4.78, 5) is 32.7. The van der Waals surface area contributed by atoms with Gasteiger partial charge in [-0.1, -0.05) is 0 Å². The van der Waals surface area contributed by atoms with Crippen molar-refractivity contribution in [3.8, 4) is 0 Å². The van der Waals surface area contributed by atoms with Gasteiger partial charge in [-0.2, -0.15) is 4.98 Å². The van der Waals surface area contributed by atoms with E-state index in [4.69, 9.17) is 4.74 Å². The Morgan fingerprint density at radius 3 is 2.82 bits per heavy atom. The second kappa shape index (κ2) is 5.60. The number of aryl methyl sites for hydroxylation is 2. The fourth-order valence-corrected chi connectivity index (χ4v) is 3.07. The van der Waals surface area contributed by atoms with Gasteiger partial charge in [-0.15, -0.1) is 0 Å². The van der Waals surface area contributed by atoms with Gasteiger partial charge in [0.05, 0.1) is 6.10 Å². The summed E-state index contributed by atoms with van der Waals surface area (Å²) in [6, 6.07) is 0. The Morgan fingerprint density at radius 1 is 1.32 bits per heavy atom. The Kier molecular flexibility index (Phi) is 3.78. The van der Waals surface area contributed by atoms with E-state index in [9.17, 15) is 9.59 Å². The number of rotatable bonds is 3. The van der Waals surface area contributed by atoms with Crippen molar-refractivity contribution in [1.82, 2.24) is 19.1 Å². The quantitative estimate of drug-likeness (QED) is 0.860. The van der Waals surface area contributed by atoms with Crippen molar-refractivity contribution < 1.29 is 4.74 Å². The number of fused-ring (bicyclic) bond motifs is 1. The highest BCUT2D eigenvalue weighted by molar-refractivity contribution is 5.74. The van der Waals surface area contributed by atoms with Crippen LogP contribution in [-0.2, 0) is 18.8 Å². The first-order valence-electron chi connectivity index (χ1n) is 7.55. The van der Waals surface area contributed by atoms with Crippen LogP contribution in [0.1, 0.15) is 19.8 Å². The average molecular weight is 307 g/mol. The number of ether oxygens (including phenoxy) is 1. The van der Waals surface area contributed by atoms with E-state index in [1.54, 1.807) is 18.7 Å². The molecule has 0 radical (unpaired) electrons. The maximum atomic E-state index is 12.1. The second-order valence-corrected chi connectivity index (χ2v) is 5.63. The van der Waals surface area contributed by atoms with Crippen molar-refractivity contribution in [2.24, 2.45) is 14.1 Å². The van der Waals surface area contributed by atoms with Crippen LogP contribution in [0.15, 0.2) is 9.59 Å². The molecule has 0 amide bonds. The third-order valence-electron chi connectivity index (χ3n) is 4.17. The van der Waals surface area contributed by atoms with Crippen molar-refractivity contribution in [3.63, 3.8) is 0 Å². The van der Waals surface area contributed by atoms with Gasteiger partial charge < -0.3 is 14.2 Å². The van der Waals surface area contributed by atoms with E-state index in [-0.39, 0.29) is 6.10 Å². The number of hydrogen-bond acceptors (Lipinski definition) is 5. The molecule has 1 atom stereocenters. The lowest BCUT2D eigenvalue weighted by molar-refractivity contribution is 0.0522. The highest BCUT2D eigenvalue weighted by Gasteiger charge is 2.25. The van der Waals surface area contributed by atoms with Crippen molar-refractivity contribution in [1.29, 1.82) is 0 Å². The second-order valence-electron chi connectivity index (χ2n) is 5.63. The van der Waals surface area contributed by atoms with E-state index in [2.05, 4.69) is 14.9 Å². The lowest BCUT2D eigenvalue weighted by Gasteiger charge is -2.33. The normalized spacial score (nSPS) is 19.0. The number of nitrogens with zero attached hydrogens (tertiary/aromatic N) is 4. The molecule has 0 aromatic carbocycles. The molecule has 0 spiro atoms. The number of aromatic amines is 1. The van der Waals surface area contributed by atoms with E-state index in [1.807, 2.05) is 6.92 Å². The van der Waals surface area contributed by atoms with Crippen molar-refractivity contribution in [3.05, 3.63) is 20.8 Å². The highest BCUT2D eigenvalue weighted by atomic mass is 16.5. The summed E-state index contributed by atoms with van der Waals surface area (Å²) in [6.07, 6.45) is 2.23. The summed E-state index contributed by atoms with van der Waals surface area (Å²) in [6.45, 7) is 4.29. The molecule has 0 bridgehead atoms. The van der Waals surface area contributed by atoms with E-state index in [1.165, 1.54) is 4.57 Å². The van der Waals surface area contributed by atoms with Gasteiger partial charge in [0, 0.05) is 33.8 Å². The molecule has 1 fully saturated rings. The van der Waals surface area contributed by atoms with Gasteiger partial charge in [-0.05, 0) is 19.8 Å². The Labute approximate surface area is 127 Å². The first-order chi connectivity index (χ1) is 10.5. The molecule has 3 heterocycles. The van der Waals surface area contributed by atoms with E-state index >= 15 is 0 Å². The van der Waals surface area contributed by atoms with Crippen LogP contribution in [0.2, 0.25) is 0 Å². The molecular weight excluding hydrogens is 286 g/mol. The summed E-state index contributed by atoms with van der Waals surface area (Å²) in [5.74, 6) is 0.700. The van der Waals surface area contributed by atoms with Crippen LogP contribution in [0.3, 0.4) is 0 Å². The van der Waals surface area contributed by atoms with Crippen molar-refractivity contribution in [2.45, 2.75) is 25.9 Å². The monoisotopic (exact) mass is 307 g/mol. The zero-order chi connectivity index (χ0) is 15.9. The number of imidazole rings is 1. The van der Waals surface area contributed by atoms with E-state index < -0.39 is 11.2 Å². The zero-order valence-electron chi connectivity index (χ0n) is 13.1. The minimum atomic E-state index is -0.451. The fourth-order valence-electron chi connectivity index (χ4n) is 3.07. The summed E-state index contributed by atoms with van der Waals surface area (Å²) in [5.41, 5.74) is -0.0360. The maximum absolute atomic E-state index is 12.1. The molecule has 0 aliphatic carbocycles. The van der Waals surface area contributed by atoms with E-state index in [0.29, 0.717) is 23.7 Å². The number of aromatic nitrogens is 4. The standard InChI is InChI=1S/C14H21N5O3/c1-4-22-9-6-5-7-19(8-9)13-15-11-10(17(13)2)12(20)16-14(21)18(11)3/h9H,4-8H2,1-3H3,(H,16,20,21)/t9-/m1/s1. The third-order valence-corrected chi connectivity index (χ3v) is 4.17. The van der Waals surface area contributed by atoms with Gasteiger partial charge in [0.1, 0.15) is 0 Å². The van der Waals surface area contributed by atoms with Gasteiger partial charge in [-0.3, -0.25) is 14.3 Å². The van der Waals surface area contributed by atoms with Crippen LogP contribution in [0.4, 0.5) is 5.95 Å². The molecule has 2 aromatic rings. The molecular formula is C14H21N5O3. The van der Waals surface area contributed by atoms with Crippen molar-refractivity contribution in [2.75, 3.05) is 24.6 Å². The summed E-state index contributed by atoms with van der Waals surface area (Å²) in [5, 5.41) is 0. The summed E-state index contributed by atoms with van der Waals surface area (Å²) < 4.78 is 8.83. The zero-order valence-corrected chi connectivity index (χ0v) is 13.1. The smallest absolute Gasteiger partial charge is 0.329 e. The predicted octanol–water partition coefficient (Wildman–Crippen LogP) is -0.0344. The molecule has 3 rings (SSSR count). The van der Waals surface area contributed by atoms with Crippen LogP contribution in [-0.4, -0.2) is 44.9 Å². The maximum Gasteiger partial charge on any atom is 0.329 e. The number of anilines is 1. The number of piperidine rings is 1. The van der Waals surface area contributed by atoms with Crippen LogP contribution < -0.4 is 16.1 Å². The Hall–Kier alpha value is -2.09. The van der Waals surface area contributed by atoms with Crippen molar-refractivity contribution >= 4 is 17.1 Å². The summed E-state index contributed by atoms with van der Waals surface area (Å²) in [7, 11) is 3.41. The minimum Gasteiger partial charge on any atom is -0.377 e. The van der Waals surface area contributed by atoms with Gasteiger partial charge >= 0.3 is 5.69 Å². The molecule has 0 unspecified atom stereocenters. The Balaban J connectivity index is 2.06. The molecule has 2 aromatic heterocycles. The largest absolute Gasteiger partial charge is 0.377 e. The van der Waals surface area contributed by atoms with Crippen LogP contribution in [0.25, 0.3) is 11.2 Å². The third kappa shape index (κ3) is 2.33. The van der Waals surface area contributed by atoms with Crippen LogP contribution in [0.5, 0.6) is 0 Å². The summed E-state index contributed by atoms with van der Waals surface area (Å²) >= 11 is 0. The number of nitrogens with one attached hydrogen (secondary N) is 1. The topological polar surface area (TPSA) is 85.2 Å². The molecule has 8 nitrogen and oxygen atoms in total. The molecule has 8 heteroatoms. The highest BCUT2D eigenvalue weighted by Crippen LogP contribution is 2.22. The minimum absolute atomic E-state index is 0.181. The Morgan fingerprint density at radius 2 is 2.09 bits per heavy atom. The van der Waals surface area contributed by atoms with Gasteiger partial charge in [0.15, 0.2) is 11.2 Å². The first-order valence-corrected chi connectivity index (χ1v) is 7.55. The van der Waals surface area contributed by atoms with Crippen LogP contribution >= 0.6 is 0 Å². The molecule has 1 aliphatic rings. The number of H-pyrrole nitrogens is 1. The Bertz CT molecular complexity index is 801. The lowest BCUT2D eigenvalue weighted by atomic mass is 10.1. The predicted molar refractivity (Wildman–Crippen MR) is 83.4 cm³/mol. The number of hydrogen-bond donors (Lipinski definition) is 1. The lowest BCUT2D eigenvalue weighted by Crippen LogP contribution is -2.41. The van der Waals surface area contributed by atoms with E-state index in [0.717, 1.165) is 25.9 Å². The average Bonchev–Trinajstić information content (AvgIpc) is 2.84. The molecule has 1 N–H and O–H groups in total. The molecule has 1 saturated heterocycles. The first kappa shape index (κ1) is 14.8. The SMILES string of the molecule is CCO[C@@H]1CCCN(c2nc3c(c(=O)[nH]c(=O)n3C)n2C)C1. The van der Waals surface area contributed by atoms with Gasteiger partial charge in [0.25, 0.3) is 5.56 Å². The molecule has 0 saturated carbocycles. The van der Waals surface area contributed by atoms with Crippen LogP contribution in [0, 0.1) is 0 Å². The van der Waals surface area contributed by atoms with Gasteiger partial charge in [-0.25, -0.2) is 4.79 Å². The molecule has 22 heavy (non-hydrogen) atoms. The fraction of sp³-hybridized carbons (Fsp3) is 0.643. The molecule has 120 valence electrons.